The summed E-state index contributed by atoms with van der Waals surface area (Å²) in [5.74, 6) is 0.0233. The lowest BCUT2D eigenvalue weighted by Crippen LogP contribution is -2.35. The van der Waals surface area contributed by atoms with Crippen LogP contribution in [0.3, 0.4) is 0 Å². The van der Waals surface area contributed by atoms with Crippen molar-refractivity contribution in [3.63, 3.8) is 0 Å². The van der Waals surface area contributed by atoms with E-state index in [2.05, 4.69) is 9.73 Å². The lowest BCUT2D eigenvalue weighted by Gasteiger charge is -2.33. The highest BCUT2D eigenvalue weighted by molar-refractivity contribution is 6.10. The molecule has 2 aromatic carbocycles. The fraction of sp³-hybridized carbons (Fsp3) is 0.345. The Labute approximate surface area is 238 Å². The van der Waals surface area contributed by atoms with Crippen molar-refractivity contribution in [3.8, 4) is 11.4 Å². The van der Waals surface area contributed by atoms with Gasteiger partial charge in [-0.1, -0.05) is 0 Å². The van der Waals surface area contributed by atoms with Crippen molar-refractivity contribution in [2.45, 2.75) is 45.5 Å². The number of allylic oxidation sites excluding steroid dienone is 1. The molecule has 2 N–H and O–H groups in total. The zero-order valence-electron chi connectivity index (χ0n) is 23.0. The Bertz CT molecular complexity index is 1550. The molecule has 5 rings (SSSR count). The van der Waals surface area contributed by atoms with Gasteiger partial charge in [-0.3, -0.25) is 9.79 Å². The zero-order valence-corrected chi connectivity index (χ0v) is 23.0. The average Bonchev–Trinajstić information content (AvgIpc) is 3.33. The van der Waals surface area contributed by atoms with Gasteiger partial charge >= 0.3 is 6.36 Å². The van der Waals surface area contributed by atoms with Crippen molar-refractivity contribution in [3.05, 3.63) is 70.5 Å². The minimum atomic E-state index is -4.82. The van der Waals surface area contributed by atoms with Crippen molar-refractivity contribution in [1.29, 1.82) is 0 Å². The third-order valence-corrected chi connectivity index (χ3v) is 7.42. The van der Waals surface area contributed by atoms with Crippen LogP contribution >= 0.6 is 0 Å². The average molecular weight is 589 g/mol. The largest absolute Gasteiger partial charge is 0.573 e. The first kappa shape index (κ1) is 29.1. The van der Waals surface area contributed by atoms with Gasteiger partial charge in [0.1, 0.15) is 5.75 Å². The van der Waals surface area contributed by atoms with E-state index in [0.29, 0.717) is 60.7 Å². The molecule has 0 bridgehead atoms. The van der Waals surface area contributed by atoms with Crippen LogP contribution < -0.4 is 15.4 Å². The molecule has 0 saturated carbocycles. The summed E-state index contributed by atoms with van der Waals surface area (Å²) in [7, 11) is 1.53. The number of nitrogens with zero attached hydrogens (tertiary/aromatic N) is 5. The van der Waals surface area contributed by atoms with E-state index in [9.17, 15) is 26.7 Å². The minimum Gasteiger partial charge on any atom is -0.406 e. The van der Waals surface area contributed by atoms with Gasteiger partial charge in [0.15, 0.2) is 5.82 Å². The quantitative estimate of drug-likeness (QED) is 0.295. The second-order valence-corrected chi connectivity index (χ2v) is 10.0. The molecule has 3 heterocycles. The van der Waals surface area contributed by atoms with Crippen LogP contribution in [0, 0.1) is 0 Å². The number of rotatable bonds is 6. The number of carbonyl (C=O) groups is 1. The third kappa shape index (κ3) is 5.68. The van der Waals surface area contributed by atoms with E-state index >= 15 is 0 Å². The molecule has 3 aromatic rings. The van der Waals surface area contributed by atoms with E-state index in [-0.39, 0.29) is 23.8 Å². The Morgan fingerprint density at radius 3 is 2.50 bits per heavy atom. The Kier molecular flexibility index (Phi) is 7.93. The monoisotopic (exact) mass is 588 g/mol. The Morgan fingerprint density at radius 1 is 1.14 bits per heavy atom. The fourth-order valence-corrected chi connectivity index (χ4v) is 5.53. The SMILES string of the molecule is CN=CC(=CN)c1cc2c(cc1C(F)F)N(c1nn(-c3ccc(OC(F)(F)F)cc3)c3c1CN(C(C)=O)CC3)CCC2. The van der Waals surface area contributed by atoms with Crippen molar-refractivity contribution < 1.29 is 31.5 Å². The van der Waals surface area contributed by atoms with Crippen LogP contribution in [0.4, 0.5) is 33.5 Å². The molecule has 222 valence electrons. The predicted octanol–water partition coefficient (Wildman–Crippen LogP) is 5.70. The Balaban J connectivity index is 1.63. The van der Waals surface area contributed by atoms with E-state index < -0.39 is 12.8 Å². The third-order valence-electron chi connectivity index (χ3n) is 7.42. The molecule has 0 unspecified atom stereocenters. The van der Waals surface area contributed by atoms with Crippen molar-refractivity contribution >= 4 is 29.2 Å². The smallest absolute Gasteiger partial charge is 0.406 e. The molecule has 8 nitrogen and oxygen atoms in total. The van der Waals surface area contributed by atoms with Gasteiger partial charge in [-0.15, -0.1) is 18.3 Å². The first-order valence-corrected chi connectivity index (χ1v) is 13.3. The molecule has 0 spiro atoms. The van der Waals surface area contributed by atoms with Crippen LogP contribution in [0.1, 0.15) is 47.7 Å². The summed E-state index contributed by atoms with van der Waals surface area (Å²) in [5, 5.41) is 4.86. The fourth-order valence-electron chi connectivity index (χ4n) is 5.53. The number of nitrogens with two attached hydrogens (primary N) is 1. The standard InChI is InChI=1S/C29H29F5N6O2/c1-17(41)38-11-9-25-24(16-38)28(37-40(25)20-5-7-21(8-6-20)42-29(32,33)34)39-10-3-4-18-12-22(19(14-35)15-36-2)23(27(30)31)13-26(18)39/h5-8,12-15,27H,3-4,9-11,16,35H2,1-2H3. The second kappa shape index (κ2) is 11.5. The molecule has 0 atom stereocenters. The molecular formula is C29H29F5N6O2. The van der Waals surface area contributed by atoms with Gasteiger partial charge in [0.05, 0.1) is 17.9 Å². The number of halogens is 5. The molecule has 0 radical (unpaired) electrons. The van der Waals surface area contributed by atoms with Gasteiger partial charge in [0.2, 0.25) is 5.91 Å². The number of amides is 1. The van der Waals surface area contributed by atoms with E-state index in [4.69, 9.17) is 10.8 Å². The number of anilines is 2. The number of aryl methyl sites for hydroxylation is 1. The van der Waals surface area contributed by atoms with Gasteiger partial charge < -0.3 is 20.3 Å². The van der Waals surface area contributed by atoms with E-state index in [0.717, 1.165) is 16.8 Å². The Hall–Kier alpha value is -4.42. The Morgan fingerprint density at radius 2 is 1.88 bits per heavy atom. The summed E-state index contributed by atoms with van der Waals surface area (Å²) >= 11 is 0. The number of alkyl halides is 5. The number of ether oxygens (including phenoxy) is 1. The lowest BCUT2D eigenvalue weighted by molar-refractivity contribution is -0.274. The van der Waals surface area contributed by atoms with Gasteiger partial charge in [0, 0.05) is 68.3 Å². The summed E-state index contributed by atoms with van der Waals surface area (Å²) in [4.78, 5) is 19.8. The molecule has 13 heteroatoms. The van der Waals surface area contributed by atoms with Gasteiger partial charge in [-0.25, -0.2) is 13.5 Å². The molecule has 42 heavy (non-hydrogen) atoms. The molecular weight excluding hydrogens is 559 g/mol. The number of hydrogen-bond donors (Lipinski definition) is 1. The maximum absolute atomic E-state index is 14.4. The highest BCUT2D eigenvalue weighted by Gasteiger charge is 2.33. The van der Waals surface area contributed by atoms with Crippen LogP contribution in [0.25, 0.3) is 11.3 Å². The van der Waals surface area contributed by atoms with Crippen molar-refractivity contribution in [2.24, 2.45) is 10.7 Å². The van der Waals surface area contributed by atoms with Crippen LogP contribution in [0.2, 0.25) is 0 Å². The number of fused-ring (bicyclic) bond motifs is 2. The predicted molar refractivity (Wildman–Crippen MR) is 148 cm³/mol. The second-order valence-electron chi connectivity index (χ2n) is 10.0. The maximum Gasteiger partial charge on any atom is 0.573 e. The summed E-state index contributed by atoms with van der Waals surface area (Å²) in [6.45, 7) is 2.66. The first-order valence-electron chi connectivity index (χ1n) is 13.3. The van der Waals surface area contributed by atoms with Crippen molar-refractivity contribution in [2.75, 3.05) is 25.0 Å². The number of hydrogen-bond acceptors (Lipinski definition) is 6. The summed E-state index contributed by atoms with van der Waals surface area (Å²) < 4.78 is 72.4. The van der Waals surface area contributed by atoms with Gasteiger partial charge in [0.25, 0.3) is 6.43 Å². The lowest BCUT2D eigenvalue weighted by atomic mass is 9.92. The van der Waals surface area contributed by atoms with Gasteiger partial charge in [-0.05, 0) is 60.4 Å². The van der Waals surface area contributed by atoms with Crippen LogP contribution in [0.5, 0.6) is 5.75 Å². The molecule has 0 fully saturated rings. The van der Waals surface area contributed by atoms with Crippen molar-refractivity contribution in [1.82, 2.24) is 14.7 Å². The number of carbonyl (C=O) groups excluding carboxylic acids is 1. The van der Waals surface area contributed by atoms with E-state index in [1.807, 2.05) is 4.90 Å². The topological polar surface area (TPSA) is 89.0 Å². The number of benzene rings is 2. The highest BCUT2D eigenvalue weighted by Crippen LogP contribution is 2.42. The van der Waals surface area contributed by atoms with Crippen LogP contribution in [0.15, 0.2) is 47.6 Å². The van der Waals surface area contributed by atoms with Crippen LogP contribution in [-0.2, 0) is 24.2 Å². The summed E-state index contributed by atoms with van der Waals surface area (Å²) in [6.07, 6.45) is -3.11. The number of aromatic nitrogens is 2. The van der Waals surface area contributed by atoms with Crippen LogP contribution in [-0.4, -0.2) is 53.3 Å². The van der Waals surface area contributed by atoms with E-state index in [1.54, 1.807) is 15.6 Å². The normalized spacial score (nSPS) is 15.8. The first-order chi connectivity index (χ1) is 20.0. The van der Waals surface area contributed by atoms with Gasteiger partial charge in [-0.2, -0.15) is 0 Å². The summed E-state index contributed by atoms with van der Waals surface area (Å²) in [6, 6.07) is 8.52. The molecule has 1 aromatic heterocycles. The zero-order chi connectivity index (χ0) is 30.2. The molecule has 0 aliphatic carbocycles. The molecule has 2 aliphatic heterocycles. The minimum absolute atomic E-state index is 0.115. The maximum atomic E-state index is 14.4. The molecule has 1 amide bonds. The summed E-state index contributed by atoms with van der Waals surface area (Å²) in [5.41, 5.74) is 9.68. The molecule has 2 aliphatic rings. The molecule has 0 saturated heterocycles. The number of aliphatic imine (C=N–C) groups is 1. The van der Waals surface area contributed by atoms with E-state index in [1.165, 1.54) is 56.7 Å². The highest BCUT2D eigenvalue weighted by atomic mass is 19.4.